The van der Waals surface area contributed by atoms with Crippen molar-refractivity contribution in [1.82, 2.24) is 0 Å². The minimum Gasteiger partial charge on any atom is -0.504 e. The van der Waals surface area contributed by atoms with Gasteiger partial charge in [0.2, 0.25) is 0 Å². The van der Waals surface area contributed by atoms with E-state index in [4.69, 9.17) is 5.73 Å². The van der Waals surface area contributed by atoms with Crippen LogP contribution in [0.4, 0.5) is 4.39 Å². The molecule has 2 saturated carbocycles. The first kappa shape index (κ1) is 15.3. The summed E-state index contributed by atoms with van der Waals surface area (Å²) in [5.74, 6) is 0.970. The van der Waals surface area contributed by atoms with Gasteiger partial charge in [-0.05, 0) is 66.6 Å². The first-order valence-electron chi connectivity index (χ1n) is 8.70. The second-order valence-electron chi connectivity index (χ2n) is 8.44. The fourth-order valence-corrected chi connectivity index (χ4v) is 6.05. The molecule has 2 fully saturated rings. The van der Waals surface area contributed by atoms with Crippen LogP contribution in [0.5, 0.6) is 0 Å². The summed E-state index contributed by atoms with van der Waals surface area (Å²) >= 11 is 0. The monoisotopic (exact) mass is 319 g/mol. The molecule has 7 atom stereocenters. The summed E-state index contributed by atoms with van der Waals surface area (Å²) in [4.78, 5) is 0. The zero-order valence-electron chi connectivity index (χ0n) is 13.8. The largest absolute Gasteiger partial charge is 0.504 e. The van der Waals surface area contributed by atoms with Crippen LogP contribution in [0.1, 0.15) is 39.5 Å². The fourth-order valence-electron chi connectivity index (χ4n) is 6.05. The Morgan fingerprint density at radius 2 is 1.96 bits per heavy atom. The molecule has 23 heavy (non-hydrogen) atoms. The first-order chi connectivity index (χ1) is 10.8. The molecule has 0 aromatic rings. The minimum atomic E-state index is -0.902. The van der Waals surface area contributed by atoms with Crippen LogP contribution in [0.25, 0.3) is 0 Å². The molecule has 0 saturated heterocycles. The van der Waals surface area contributed by atoms with E-state index in [1.807, 2.05) is 0 Å². The van der Waals surface area contributed by atoms with Gasteiger partial charge in [-0.15, -0.1) is 0 Å². The van der Waals surface area contributed by atoms with Crippen molar-refractivity contribution in [2.24, 2.45) is 34.3 Å². The SMILES string of the molecule is C[C@]12CC[C@H]3[C@@H](CC=C4C=C(O)C(O)=C[C@@]43C)[C@@H]1C[C@@H](F)[C@@H]2N. The Morgan fingerprint density at radius 1 is 1.22 bits per heavy atom. The van der Waals surface area contributed by atoms with Crippen LogP contribution >= 0.6 is 0 Å². The Hall–Kier alpha value is -1.29. The van der Waals surface area contributed by atoms with E-state index < -0.39 is 6.17 Å². The summed E-state index contributed by atoms with van der Waals surface area (Å²) in [5, 5.41) is 19.9. The third-order valence-electron chi connectivity index (χ3n) is 7.50. The molecule has 0 aliphatic heterocycles. The van der Waals surface area contributed by atoms with Crippen LogP contribution in [0.3, 0.4) is 0 Å². The van der Waals surface area contributed by atoms with Crippen LogP contribution < -0.4 is 5.73 Å². The standard InChI is InChI=1S/C19H26FNO2/c1-18-6-5-12-11(13(18)8-14(20)17(18)21)4-3-10-7-15(22)16(23)9-19(10,12)2/h3,7,9,11-14,17,22-23H,4-6,8,21H2,1-2H3/t11-,12+,13+,14-,17+,18+,19+/m1/s1. The fraction of sp³-hybridized carbons (Fsp3) is 0.684. The van der Waals surface area contributed by atoms with E-state index in [1.54, 1.807) is 12.2 Å². The highest BCUT2D eigenvalue weighted by Gasteiger charge is 2.60. The smallest absolute Gasteiger partial charge is 0.157 e. The summed E-state index contributed by atoms with van der Waals surface area (Å²) in [5.41, 5.74) is 6.90. The lowest BCUT2D eigenvalue weighted by molar-refractivity contribution is -0.00757. The Bertz CT molecular complexity index is 639. The van der Waals surface area contributed by atoms with Crippen LogP contribution in [-0.4, -0.2) is 22.4 Å². The molecule has 4 heteroatoms. The van der Waals surface area contributed by atoms with E-state index >= 15 is 0 Å². The van der Waals surface area contributed by atoms with Gasteiger partial charge in [-0.3, -0.25) is 0 Å². The maximum Gasteiger partial charge on any atom is 0.157 e. The number of nitrogens with two attached hydrogens (primary N) is 1. The van der Waals surface area contributed by atoms with Gasteiger partial charge in [0.15, 0.2) is 11.5 Å². The number of alkyl halides is 1. The Kier molecular flexibility index (Phi) is 3.07. The topological polar surface area (TPSA) is 66.5 Å². The molecule has 3 nitrogen and oxygen atoms in total. The number of aliphatic hydroxyl groups excluding tert-OH is 2. The van der Waals surface area contributed by atoms with Gasteiger partial charge in [0, 0.05) is 11.5 Å². The molecule has 4 N–H and O–H groups in total. The Balaban J connectivity index is 1.75. The van der Waals surface area contributed by atoms with Gasteiger partial charge in [-0.1, -0.05) is 19.9 Å². The molecule has 126 valence electrons. The molecule has 0 bridgehead atoms. The molecule has 4 aliphatic rings. The van der Waals surface area contributed by atoms with Crippen molar-refractivity contribution in [2.75, 3.05) is 0 Å². The predicted octanol–water partition coefficient (Wildman–Crippen LogP) is 3.94. The number of allylic oxidation sites excluding steroid dienone is 4. The lowest BCUT2D eigenvalue weighted by Gasteiger charge is -2.55. The van der Waals surface area contributed by atoms with E-state index in [-0.39, 0.29) is 28.4 Å². The highest BCUT2D eigenvalue weighted by Crippen LogP contribution is 2.63. The van der Waals surface area contributed by atoms with Gasteiger partial charge in [-0.2, -0.15) is 0 Å². The highest BCUT2D eigenvalue weighted by atomic mass is 19.1. The maximum atomic E-state index is 14.3. The Morgan fingerprint density at radius 3 is 2.70 bits per heavy atom. The summed E-state index contributed by atoms with van der Waals surface area (Å²) in [6, 6.07) is -0.356. The average molecular weight is 319 g/mol. The van der Waals surface area contributed by atoms with Gasteiger partial charge in [0.1, 0.15) is 6.17 Å². The number of hydrogen-bond donors (Lipinski definition) is 3. The van der Waals surface area contributed by atoms with E-state index in [0.717, 1.165) is 24.8 Å². The van der Waals surface area contributed by atoms with E-state index in [0.29, 0.717) is 24.2 Å². The second kappa shape index (κ2) is 4.62. The normalized spacial score (nSPS) is 51.8. The van der Waals surface area contributed by atoms with Crippen molar-refractivity contribution >= 4 is 0 Å². The van der Waals surface area contributed by atoms with Crippen LogP contribution in [0, 0.1) is 28.6 Å². The van der Waals surface area contributed by atoms with Gasteiger partial charge >= 0.3 is 0 Å². The molecule has 0 aromatic carbocycles. The number of rotatable bonds is 0. The van der Waals surface area contributed by atoms with Gasteiger partial charge in [0.25, 0.3) is 0 Å². The van der Waals surface area contributed by atoms with Crippen LogP contribution in [-0.2, 0) is 0 Å². The van der Waals surface area contributed by atoms with E-state index in [9.17, 15) is 14.6 Å². The van der Waals surface area contributed by atoms with Crippen molar-refractivity contribution in [2.45, 2.75) is 51.7 Å². The minimum absolute atomic E-state index is 0.0369. The van der Waals surface area contributed by atoms with Crippen molar-refractivity contribution in [1.29, 1.82) is 0 Å². The lowest BCUT2D eigenvalue weighted by Crippen LogP contribution is -2.51. The van der Waals surface area contributed by atoms with Crippen LogP contribution in [0.2, 0.25) is 0 Å². The van der Waals surface area contributed by atoms with E-state index in [2.05, 4.69) is 19.9 Å². The molecule has 4 aliphatic carbocycles. The van der Waals surface area contributed by atoms with Crippen molar-refractivity contribution in [3.63, 3.8) is 0 Å². The maximum absolute atomic E-state index is 14.3. The summed E-state index contributed by atoms with van der Waals surface area (Å²) < 4.78 is 14.3. The van der Waals surface area contributed by atoms with Crippen LogP contribution in [0.15, 0.2) is 35.3 Å². The molecule has 0 heterocycles. The molecule has 0 amide bonds. The Labute approximate surface area is 136 Å². The van der Waals surface area contributed by atoms with Crippen molar-refractivity contribution in [3.05, 3.63) is 35.3 Å². The third kappa shape index (κ3) is 1.84. The molecule has 0 unspecified atom stereocenters. The zero-order valence-corrected chi connectivity index (χ0v) is 13.8. The highest BCUT2D eigenvalue weighted by molar-refractivity contribution is 5.45. The van der Waals surface area contributed by atoms with Gasteiger partial charge in [0.05, 0.1) is 0 Å². The quantitative estimate of drug-likeness (QED) is 0.633. The third-order valence-corrected chi connectivity index (χ3v) is 7.50. The first-order valence-corrected chi connectivity index (χ1v) is 8.70. The number of aliphatic hydroxyl groups is 2. The van der Waals surface area contributed by atoms with Crippen molar-refractivity contribution in [3.8, 4) is 0 Å². The van der Waals surface area contributed by atoms with Crippen molar-refractivity contribution < 1.29 is 14.6 Å². The molecule has 0 aromatic heterocycles. The summed E-state index contributed by atoms with van der Waals surface area (Å²) in [6.45, 7) is 4.30. The summed E-state index contributed by atoms with van der Waals surface area (Å²) in [7, 11) is 0. The molecule has 4 rings (SSSR count). The molecular formula is C19H26FNO2. The average Bonchev–Trinajstić information content (AvgIpc) is 2.73. The number of hydrogen-bond acceptors (Lipinski definition) is 3. The lowest BCUT2D eigenvalue weighted by atomic mass is 9.49. The molecule has 0 radical (unpaired) electrons. The van der Waals surface area contributed by atoms with Gasteiger partial charge < -0.3 is 15.9 Å². The predicted molar refractivity (Wildman–Crippen MR) is 87.5 cm³/mol. The van der Waals surface area contributed by atoms with Gasteiger partial charge in [-0.25, -0.2) is 4.39 Å². The zero-order chi connectivity index (χ0) is 16.6. The molecular weight excluding hydrogens is 293 g/mol. The number of halogens is 1. The molecule has 0 spiro atoms. The second-order valence-corrected chi connectivity index (χ2v) is 8.44. The van der Waals surface area contributed by atoms with E-state index in [1.165, 1.54) is 0 Å². The number of fused-ring (bicyclic) bond motifs is 5. The summed E-state index contributed by atoms with van der Waals surface area (Å²) in [6.07, 6.45) is 8.16.